The zero-order chi connectivity index (χ0) is 33.5. The van der Waals surface area contributed by atoms with Crippen molar-refractivity contribution in [3.05, 3.63) is 179 Å². The van der Waals surface area contributed by atoms with Gasteiger partial charge in [-0.15, -0.1) is 0 Å². The maximum Gasteiger partial charge on any atom is 0.154 e. The molecule has 0 aliphatic carbocycles. The summed E-state index contributed by atoms with van der Waals surface area (Å²) in [7, 11) is 0. The van der Waals surface area contributed by atoms with E-state index in [9.17, 15) is 0 Å². The topological polar surface area (TPSA) is 23.0 Å². The van der Waals surface area contributed by atoms with Gasteiger partial charge in [-0.25, -0.2) is 0 Å². The monoisotopic (exact) mass is 878 g/mol. The van der Waals surface area contributed by atoms with Crippen molar-refractivity contribution in [1.29, 1.82) is 0 Å². The minimum absolute atomic E-state index is 0.109. The van der Waals surface area contributed by atoms with Crippen LogP contribution < -0.4 is 0 Å². The number of para-hydroxylation sites is 4. The van der Waals surface area contributed by atoms with Crippen LogP contribution >= 0.6 is 41.5 Å². The van der Waals surface area contributed by atoms with Gasteiger partial charge in [-0.3, -0.25) is 0 Å². The molecule has 0 atom stereocenters. The Morgan fingerprint density at radius 2 is 0.980 bits per heavy atom. The van der Waals surface area contributed by atoms with Crippen LogP contribution in [0, 0.1) is 3.57 Å². The smallest absolute Gasteiger partial charge is 0.154 e. The molecule has 3 aromatic heterocycles. The van der Waals surface area contributed by atoms with Crippen molar-refractivity contribution >= 4 is 102 Å². The summed E-state index contributed by atoms with van der Waals surface area (Å²) in [4.78, 5) is 0. The quantitative estimate of drug-likeness (QED) is 0.162. The lowest BCUT2D eigenvalue weighted by atomic mass is 10.0. The fraction of sp³-hybridized carbons (Fsp3) is 0. The van der Waals surface area contributed by atoms with E-state index in [1.54, 1.807) is 0 Å². The molecule has 0 fully saturated rings. The highest BCUT2D eigenvalue weighted by Crippen LogP contribution is 2.40. The number of halogens is 2. The number of aromatic nitrogens is 2. The van der Waals surface area contributed by atoms with Gasteiger partial charge in [-0.05, 0) is 77.4 Å². The van der Waals surface area contributed by atoms with Gasteiger partial charge in [0.15, 0.2) is 5.76 Å². The van der Waals surface area contributed by atoms with Gasteiger partial charge in [-0.2, -0.15) is 0 Å². The van der Waals surface area contributed by atoms with Crippen LogP contribution in [0.2, 0.25) is 0 Å². The van der Waals surface area contributed by atoms with Crippen molar-refractivity contribution in [2.75, 3.05) is 0 Å². The van der Waals surface area contributed by atoms with Gasteiger partial charge in [0.05, 0.1) is 29.1 Å². The van der Waals surface area contributed by atoms with Crippen LogP contribution in [0.1, 0.15) is 11.3 Å². The fourth-order valence-electron chi connectivity index (χ4n) is 7.80. The van der Waals surface area contributed by atoms with Gasteiger partial charge in [0.1, 0.15) is 5.58 Å². The average Bonchev–Trinajstić information content (AvgIpc) is 3.85. The first kappa shape index (κ1) is 29.6. The molecular weight excluding hydrogens is 850 g/mol. The molecule has 0 saturated carbocycles. The van der Waals surface area contributed by atoms with Crippen molar-refractivity contribution in [1.82, 2.24) is 9.13 Å². The van der Waals surface area contributed by atoms with Gasteiger partial charge in [0.25, 0.3) is 0 Å². The molecule has 0 bridgehead atoms. The predicted octanol–water partition coefficient (Wildman–Crippen LogP) is 12.7. The molecule has 0 N–H and O–H groups in total. The van der Waals surface area contributed by atoms with E-state index >= 15 is 0 Å². The molecule has 1 aliphatic rings. The number of furan rings is 1. The summed E-state index contributed by atoms with van der Waals surface area (Å²) in [6, 6.07) is 59.8. The Bertz CT molecular complexity index is 3070. The third kappa shape index (κ3) is 4.60. The SMILES string of the molecule is C1=Ic2c(oc3ccccc23)C(c2ccc(-n3c4ccccc4c4cc(-c5ccc6c7ccccc7n(-c7ccccc7)c6c5)ccc43)cc2)=I1. The Hall–Kier alpha value is -5.12. The zero-order valence-corrected chi connectivity index (χ0v) is 31.5. The van der Waals surface area contributed by atoms with E-state index in [0.29, 0.717) is 0 Å². The van der Waals surface area contributed by atoms with Gasteiger partial charge in [-0.1, -0.05) is 145 Å². The van der Waals surface area contributed by atoms with Crippen LogP contribution in [0.5, 0.6) is 0 Å². The van der Waals surface area contributed by atoms with Crippen molar-refractivity contribution in [2.45, 2.75) is 0 Å². The highest BCUT2D eigenvalue weighted by Gasteiger charge is 2.21. The molecule has 0 spiro atoms. The lowest BCUT2D eigenvalue weighted by Gasteiger charge is -2.12. The van der Waals surface area contributed by atoms with Crippen LogP contribution in [0.4, 0.5) is 0 Å². The number of rotatable bonds is 4. The number of nitrogens with zero attached hydrogens (tertiary/aromatic N) is 2. The van der Waals surface area contributed by atoms with Crippen LogP contribution in [-0.2, 0) is 0 Å². The highest BCUT2D eigenvalue weighted by molar-refractivity contribution is 14.3. The first-order chi connectivity index (χ1) is 25.3. The summed E-state index contributed by atoms with van der Waals surface area (Å²) in [6.07, 6.45) is 0. The Morgan fingerprint density at radius 1 is 0.412 bits per heavy atom. The summed E-state index contributed by atoms with van der Waals surface area (Å²) < 4.78 is 16.7. The molecule has 4 heterocycles. The molecule has 1 aliphatic heterocycles. The third-order valence-electron chi connectivity index (χ3n) is 10.1. The molecule has 0 amide bonds. The van der Waals surface area contributed by atoms with Gasteiger partial charge in [0.2, 0.25) is 0 Å². The van der Waals surface area contributed by atoms with Gasteiger partial charge < -0.3 is 13.6 Å². The first-order valence-electron chi connectivity index (χ1n) is 17.0. The lowest BCUT2D eigenvalue weighted by Crippen LogP contribution is -2.03. The van der Waals surface area contributed by atoms with E-state index in [-0.39, 0.29) is 41.5 Å². The van der Waals surface area contributed by atoms with E-state index in [0.717, 1.165) is 11.3 Å². The van der Waals surface area contributed by atoms with E-state index in [1.807, 2.05) is 0 Å². The van der Waals surface area contributed by atoms with Gasteiger partial charge in [0, 0.05) is 40.3 Å². The zero-order valence-electron chi connectivity index (χ0n) is 27.2. The van der Waals surface area contributed by atoms with Crippen LogP contribution in [0.25, 0.3) is 77.1 Å². The standard InChI is InChI=1S/C46H28I2N2O/c1-2-10-32(11-3-1)50-39-15-7-4-12-34(39)36-24-20-31(27-42(36)50)30-21-25-41-38(26-30)35-13-5-8-16-40(35)49(41)33-22-18-29(19-23-33)44-46-45(48-28-47-44)37-14-6-9-17-43(37)51-46/h1-28H. The van der Waals surface area contributed by atoms with Crippen LogP contribution in [0.3, 0.4) is 0 Å². The molecule has 0 saturated heterocycles. The fourth-order valence-corrected chi connectivity index (χ4v) is 15.7. The average molecular weight is 879 g/mol. The summed E-state index contributed by atoms with van der Waals surface area (Å²) in [5, 5.41) is 6.35. The molecular formula is C46H28I2N2O. The van der Waals surface area contributed by atoms with E-state index in [2.05, 4.69) is 175 Å². The Balaban J connectivity index is 1.03. The molecule has 3 nitrogen and oxygen atoms in total. The largest absolute Gasteiger partial charge is 0.454 e. The number of hydrogen-bond acceptors (Lipinski definition) is 1. The Morgan fingerprint density at radius 3 is 1.78 bits per heavy atom. The third-order valence-corrected chi connectivity index (χ3v) is 17.2. The van der Waals surface area contributed by atoms with Crippen molar-refractivity contribution in [2.24, 2.45) is 0 Å². The molecule has 0 unspecified atom stereocenters. The summed E-state index contributed by atoms with van der Waals surface area (Å²) in [5.41, 5.74) is 11.9. The normalized spacial score (nSPS) is 13.1. The molecule has 51 heavy (non-hydrogen) atoms. The molecule has 0 radical (unpaired) electrons. The lowest BCUT2D eigenvalue weighted by molar-refractivity contribution is 0.605. The molecule has 7 aromatic carbocycles. The summed E-state index contributed by atoms with van der Waals surface area (Å²) in [6.45, 7) is 0. The maximum atomic E-state index is 6.48. The first-order valence-corrected chi connectivity index (χ1v) is 21.7. The molecule has 10 aromatic rings. The minimum atomic E-state index is -0.192. The summed E-state index contributed by atoms with van der Waals surface area (Å²) in [5.74, 6) is 1.14. The number of fused-ring (bicyclic) bond motifs is 9. The van der Waals surface area contributed by atoms with Crippen molar-refractivity contribution in [3.8, 4) is 22.5 Å². The second-order valence-electron chi connectivity index (χ2n) is 12.9. The van der Waals surface area contributed by atoms with E-state index in [1.165, 1.54) is 84.1 Å². The highest BCUT2D eigenvalue weighted by atomic mass is 127. The molecule has 242 valence electrons. The van der Waals surface area contributed by atoms with Crippen molar-refractivity contribution in [3.63, 3.8) is 0 Å². The van der Waals surface area contributed by atoms with Crippen LogP contribution in [0.15, 0.2) is 168 Å². The molecule has 11 rings (SSSR count). The number of hydrogen-bond donors (Lipinski definition) is 0. The van der Waals surface area contributed by atoms with Crippen molar-refractivity contribution < 1.29 is 4.42 Å². The minimum Gasteiger partial charge on any atom is -0.454 e. The summed E-state index contributed by atoms with van der Waals surface area (Å²) >= 11 is -0.301. The Kier molecular flexibility index (Phi) is 6.80. The van der Waals surface area contributed by atoms with Crippen LogP contribution in [-0.4, -0.2) is 14.7 Å². The Labute approximate surface area is 313 Å². The maximum absolute atomic E-state index is 6.48. The predicted molar refractivity (Wildman–Crippen MR) is 233 cm³/mol. The van der Waals surface area contributed by atoms with Gasteiger partial charge >= 0.3 is 0 Å². The second-order valence-corrected chi connectivity index (χ2v) is 19.9. The van der Waals surface area contributed by atoms with E-state index < -0.39 is 0 Å². The molecule has 5 heteroatoms. The number of benzene rings is 7. The second kappa shape index (κ2) is 11.7. The van der Waals surface area contributed by atoms with E-state index in [4.69, 9.17) is 4.42 Å².